The van der Waals surface area contributed by atoms with Crippen molar-refractivity contribution in [3.05, 3.63) is 46.1 Å². The number of aromatic nitrogens is 9. The van der Waals surface area contributed by atoms with Gasteiger partial charge in [0.1, 0.15) is 5.78 Å². The first-order chi connectivity index (χ1) is 25.8. The van der Waals surface area contributed by atoms with E-state index in [-0.39, 0.29) is 29.9 Å². The molecule has 0 atom stereocenters. The van der Waals surface area contributed by atoms with Gasteiger partial charge in [0, 0.05) is 113 Å². The third kappa shape index (κ3) is 20.8. The highest BCUT2D eigenvalue weighted by Gasteiger charge is 2.20. The molecule has 17 heteroatoms. The minimum Gasteiger partial charge on any atom is -0.379 e. The lowest BCUT2D eigenvalue weighted by Gasteiger charge is -2.10. The predicted octanol–water partition coefficient (Wildman–Crippen LogP) is 3.58. The summed E-state index contributed by atoms with van der Waals surface area (Å²) in [7, 11) is 0. The lowest BCUT2D eigenvalue weighted by Crippen LogP contribution is -2.27. The fourth-order valence-corrected chi connectivity index (χ4v) is 4.34. The number of ketones is 1. The Morgan fingerprint density at radius 2 is 1.38 bits per heavy atom. The minimum absolute atomic E-state index is 0.0694. The molecule has 3 heterocycles. The summed E-state index contributed by atoms with van der Waals surface area (Å²) in [5, 5.41) is 31.2. The van der Waals surface area contributed by atoms with Crippen LogP contribution < -0.4 is 5.32 Å². The standard InChI is InChI=1S/C15H23N9.C12H22N4O4.C9H8/c1-4-22-9-13(16-19-22)7-12(15-11-24(6-3)21-18-15)8-14-10-23(5-2)20-17-14;1-2-11(17)3-4-12(18)14-5-7-19-9-10-20-8-6-15-16-13;1-4-7-9(6-3)8-5-2/h9-12H,4-8H2,1-3H3;2-10H2,1H3,(H,14,18);1-3,9H,7-8H2. The van der Waals surface area contributed by atoms with Crippen LogP contribution in [0.5, 0.6) is 0 Å². The van der Waals surface area contributed by atoms with Crippen LogP contribution in [0.25, 0.3) is 10.4 Å². The number of hydrogen-bond acceptors (Lipinski definition) is 11. The number of carbonyl (C=O) groups is 2. The van der Waals surface area contributed by atoms with Gasteiger partial charge in [0.05, 0.1) is 43.5 Å². The number of amides is 1. The molecule has 53 heavy (non-hydrogen) atoms. The van der Waals surface area contributed by atoms with Gasteiger partial charge in [0.2, 0.25) is 5.91 Å². The average Bonchev–Trinajstić information content (AvgIpc) is 3.96. The second kappa shape index (κ2) is 29.1. The van der Waals surface area contributed by atoms with Crippen molar-refractivity contribution in [3.8, 4) is 37.0 Å². The highest BCUT2D eigenvalue weighted by atomic mass is 16.5. The predicted molar refractivity (Wildman–Crippen MR) is 200 cm³/mol. The summed E-state index contributed by atoms with van der Waals surface area (Å²) in [6.45, 7) is 12.7. The number of rotatable bonds is 23. The van der Waals surface area contributed by atoms with Gasteiger partial charge in [0.15, 0.2) is 0 Å². The Hall–Kier alpha value is -5.53. The van der Waals surface area contributed by atoms with Crippen molar-refractivity contribution in [2.45, 2.75) is 98.2 Å². The minimum atomic E-state index is -0.138. The summed E-state index contributed by atoms with van der Waals surface area (Å²) in [5.74, 6) is 7.62. The second-order valence-electron chi connectivity index (χ2n) is 11.3. The van der Waals surface area contributed by atoms with Crippen LogP contribution in [-0.2, 0) is 51.5 Å². The Kier molecular flexibility index (Phi) is 25.0. The molecule has 0 aromatic carbocycles. The highest BCUT2D eigenvalue weighted by molar-refractivity contribution is 5.84. The summed E-state index contributed by atoms with van der Waals surface area (Å²) in [5.41, 5.74) is 10.9. The molecule has 0 aliphatic heterocycles. The van der Waals surface area contributed by atoms with Gasteiger partial charge in [-0.05, 0) is 26.3 Å². The van der Waals surface area contributed by atoms with Gasteiger partial charge in [-0.2, -0.15) is 0 Å². The van der Waals surface area contributed by atoms with Crippen molar-refractivity contribution in [2.24, 2.45) is 11.0 Å². The third-order valence-corrected chi connectivity index (χ3v) is 7.36. The van der Waals surface area contributed by atoms with Crippen LogP contribution >= 0.6 is 0 Å². The molecule has 1 N–H and O–H groups in total. The maximum Gasteiger partial charge on any atom is 0.220 e. The maximum atomic E-state index is 11.3. The lowest BCUT2D eigenvalue weighted by molar-refractivity contribution is -0.125. The molecule has 1 amide bonds. The van der Waals surface area contributed by atoms with Crippen molar-refractivity contribution in [1.82, 2.24) is 50.3 Å². The summed E-state index contributed by atoms with van der Waals surface area (Å²) in [6.07, 6.45) is 24.8. The van der Waals surface area contributed by atoms with Crippen LogP contribution in [-0.4, -0.2) is 96.2 Å². The topological polar surface area (TPSA) is 206 Å². The quantitative estimate of drug-likeness (QED) is 0.0493. The average molecular weight is 732 g/mol. The largest absolute Gasteiger partial charge is 0.379 e. The monoisotopic (exact) mass is 731 g/mol. The number of terminal acetylenes is 3. The van der Waals surface area contributed by atoms with E-state index < -0.39 is 0 Å². The highest BCUT2D eigenvalue weighted by Crippen LogP contribution is 2.22. The van der Waals surface area contributed by atoms with Crippen LogP contribution in [0.15, 0.2) is 23.7 Å². The first-order valence-corrected chi connectivity index (χ1v) is 17.7. The molecule has 17 nitrogen and oxygen atoms in total. The molecule has 0 bridgehead atoms. The molecule has 3 rings (SSSR count). The molecule has 0 aliphatic rings. The Morgan fingerprint density at radius 1 is 0.830 bits per heavy atom. The summed E-state index contributed by atoms with van der Waals surface area (Å²) >= 11 is 0. The van der Waals surface area contributed by atoms with Gasteiger partial charge < -0.3 is 14.8 Å². The zero-order valence-electron chi connectivity index (χ0n) is 31.4. The molecule has 0 aliphatic carbocycles. The number of nitrogens with one attached hydrogen (secondary N) is 1. The first kappa shape index (κ1) is 45.5. The fourth-order valence-electron chi connectivity index (χ4n) is 4.34. The van der Waals surface area contributed by atoms with Crippen molar-refractivity contribution >= 4 is 11.7 Å². The third-order valence-electron chi connectivity index (χ3n) is 7.36. The zero-order valence-corrected chi connectivity index (χ0v) is 31.4. The summed E-state index contributed by atoms with van der Waals surface area (Å²) in [4.78, 5) is 24.9. The van der Waals surface area contributed by atoms with Crippen LogP contribution in [0, 0.1) is 42.9 Å². The Bertz CT molecular complexity index is 1580. The number of azide groups is 1. The van der Waals surface area contributed by atoms with Gasteiger partial charge in [0.25, 0.3) is 0 Å². The van der Waals surface area contributed by atoms with E-state index in [2.05, 4.69) is 64.0 Å². The first-order valence-electron chi connectivity index (χ1n) is 17.7. The van der Waals surface area contributed by atoms with E-state index in [0.29, 0.717) is 65.2 Å². The van der Waals surface area contributed by atoms with Crippen LogP contribution in [0.2, 0.25) is 0 Å². The van der Waals surface area contributed by atoms with Gasteiger partial charge >= 0.3 is 0 Å². The van der Waals surface area contributed by atoms with Crippen LogP contribution in [0.4, 0.5) is 0 Å². The number of Topliss-reactive ketones (excluding diaryl/α,β-unsaturated/α-hetero) is 1. The normalized spacial score (nSPS) is 10.2. The van der Waals surface area contributed by atoms with E-state index in [1.807, 2.05) is 53.4 Å². The number of ether oxygens (including phenoxy) is 2. The molecule has 286 valence electrons. The molecular formula is C36H53N13O4. The maximum absolute atomic E-state index is 11.3. The van der Waals surface area contributed by atoms with E-state index in [4.69, 9.17) is 34.3 Å². The summed E-state index contributed by atoms with van der Waals surface area (Å²) < 4.78 is 15.9. The van der Waals surface area contributed by atoms with E-state index >= 15 is 0 Å². The van der Waals surface area contributed by atoms with Crippen molar-refractivity contribution < 1.29 is 19.1 Å². The molecule has 0 radical (unpaired) electrons. The van der Waals surface area contributed by atoms with Crippen molar-refractivity contribution in [1.29, 1.82) is 0 Å². The molecular weight excluding hydrogens is 678 g/mol. The number of carbonyl (C=O) groups excluding carboxylic acids is 2. The zero-order chi connectivity index (χ0) is 39.1. The van der Waals surface area contributed by atoms with E-state index in [9.17, 15) is 9.59 Å². The van der Waals surface area contributed by atoms with Gasteiger partial charge in [-0.1, -0.05) is 27.7 Å². The molecule has 0 fully saturated rings. The molecule has 0 saturated carbocycles. The number of aryl methyl sites for hydroxylation is 3. The van der Waals surface area contributed by atoms with E-state index in [1.165, 1.54) is 0 Å². The molecule has 0 spiro atoms. The SMILES string of the molecule is C#CCC(C#C)CC#C.CCC(=O)CCC(=O)NCCOCCOCCN=[N+]=[N-].CCn1cc(CC(Cc2cn(CC)nn2)c2cn(CC)nn2)nn1. The smallest absolute Gasteiger partial charge is 0.220 e. The van der Waals surface area contributed by atoms with Gasteiger partial charge in [-0.3, -0.25) is 23.6 Å². The van der Waals surface area contributed by atoms with Gasteiger partial charge in [-0.25, -0.2) is 0 Å². The van der Waals surface area contributed by atoms with Crippen LogP contribution in [0.3, 0.4) is 0 Å². The van der Waals surface area contributed by atoms with Gasteiger partial charge in [-0.15, -0.1) is 52.3 Å². The molecule has 0 unspecified atom stereocenters. The van der Waals surface area contributed by atoms with Crippen molar-refractivity contribution in [3.63, 3.8) is 0 Å². The second-order valence-corrected chi connectivity index (χ2v) is 11.3. The Morgan fingerprint density at radius 3 is 1.85 bits per heavy atom. The van der Waals surface area contributed by atoms with E-state index in [1.54, 1.807) is 6.92 Å². The van der Waals surface area contributed by atoms with E-state index in [0.717, 1.165) is 49.6 Å². The number of hydrogen-bond donors (Lipinski definition) is 1. The molecule has 0 saturated heterocycles. The lowest BCUT2D eigenvalue weighted by atomic mass is 9.95. The van der Waals surface area contributed by atoms with Crippen molar-refractivity contribution in [2.75, 3.05) is 39.5 Å². The number of nitrogens with zero attached hydrogens (tertiary/aromatic N) is 12. The fraction of sp³-hybridized carbons (Fsp3) is 0.611. The Labute approximate surface area is 312 Å². The van der Waals surface area contributed by atoms with Crippen LogP contribution in [0.1, 0.15) is 82.8 Å². The summed E-state index contributed by atoms with van der Waals surface area (Å²) in [6, 6.07) is 0. The Balaban J connectivity index is 0.000000438. The molecule has 3 aromatic heterocycles. The molecule has 3 aromatic rings.